The zero-order chi connectivity index (χ0) is 21.6. The van der Waals surface area contributed by atoms with Gasteiger partial charge in [-0.25, -0.2) is 5.43 Å². The number of benzene rings is 2. The first-order valence-corrected chi connectivity index (χ1v) is 9.83. The summed E-state index contributed by atoms with van der Waals surface area (Å²) in [6, 6.07) is 19.6. The number of amides is 1. The molecule has 0 bridgehead atoms. The van der Waals surface area contributed by atoms with Crippen LogP contribution in [0.15, 0.2) is 65.8 Å². The van der Waals surface area contributed by atoms with Crippen LogP contribution in [0, 0.1) is 13.8 Å². The van der Waals surface area contributed by atoms with Crippen LogP contribution in [0.1, 0.15) is 22.5 Å². The average molecular weight is 414 g/mol. The molecule has 2 aromatic heterocycles. The maximum Gasteiger partial charge on any atom is 0.263 e. The standard InChI is InChI=1S/C22H22N8O/c1-16-20(17(2)29(26-16)14-18-9-5-3-6-10-18)13-23-24-21(31)15-30-27-22(25-28-30)19-11-7-4-8-12-19/h3-13H,14-15H2,1-2H3,(H,24,31)/b23-13-. The Hall–Kier alpha value is -4.14. The number of hydrogen-bond acceptors (Lipinski definition) is 6. The fourth-order valence-electron chi connectivity index (χ4n) is 3.15. The molecule has 0 aliphatic carbocycles. The van der Waals surface area contributed by atoms with Gasteiger partial charge < -0.3 is 0 Å². The maximum absolute atomic E-state index is 12.2. The van der Waals surface area contributed by atoms with Gasteiger partial charge >= 0.3 is 0 Å². The van der Waals surface area contributed by atoms with Crippen LogP contribution < -0.4 is 5.43 Å². The Bertz CT molecular complexity index is 1190. The van der Waals surface area contributed by atoms with E-state index in [-0.39, 0.29) is 12.5 Å². The highest BCUT2D eigenvalue weighted by atomic mass is 16.2. The number of tetrazole rings is 1. The van der Waals surface area contributed by atoms with Gasteiger partial charge in [0.25, 0.3) is 5.91 Å². The Morgan fingerprint density at radius 1 is 1.03 bits per heavy atom. The quantitative estimate of drug-likeness (QED) is 0.369. The molecule has 1 amide bonds. The number of hydrazone groups is 1. The third-order valence-electron chi connectivity index (χ3n) is 4.77. The summed E-state index contributed by atoms with van der Waals surface area (Å²) in [5.41, 5.74) is 7.21. The third kappa shape index (κ3) is 4.89. The second-order valence-corrected chi connectivity index (χ2v) is 7.03. The fourth-order valence-corrected chi connectivity index (χ4v) is 3.15. The van der Waals surface area contributed by atoms with Crippen LogP contribution in [0.25, 0.3) is 11.4 Å². The molecular weight excluding hydrogens is 392 g/mol. The molecule has 31 heavy (non-hydrogen) atoms. The minimum atomic E-state index is -0.347. The van der Waals surface area contributed by atoms with Gasteiger partial charge in [-0.1, -0.05) is 60.7 Å². The summed E-state index contributed by atoms with van der Waals surface area (Å²) in [6.07, 6.45) is 1.61. The molecule has 4 rings (SSSR count). The van der Waals surface area contributed by atoms with Crippen LogP contribution in [0.3, 0.4) is 0 Å². The minimum absolute atomic E-state index is 0.0809. The average Bonchev–Trinajstić information content (AvgIpc) is 3.35. The monoisotopic (exact) mass is 414 g/mol. The van der Waals surface area contributed by atoms with Crippen molar-refractivity contribution in [1.82, 2.24) is 35.4 Å². The summed E-state index contributed by atoms with van der Waals surface area (Å²) in [5, 5.41) is 20.8. The van der Waals surface area contributed by atoms with E-state index >= 15 is 0 Å². The van der Waals surface area contributed by atoms with E-state index in [1.54, 1.807) is 6.21 Å². The molecule has 9 heteroatoms. The van der Waals surface area contributed by atoms with Gasteiger partial charge in [-0.3, -0.25) is 9.48 Å². The van der Waals surface area contributed by atoms with E-state index in [1.807, 2.05) is 67.1 Å². The lowest BCUT2D eigenvalue weighted by Crippen LogP contribution is -2.24. The van der Waals surface area contributed by atoms with Crippen molar-refractivity contribution in [2.24, 2.45) is 5.10 Å². The molecule has 0 fully saturated rings. The maximum atomic E-state index is 12.2. The highest BCUT2D eigenvalue weighted by Gasteiger charge is 2.11. The van der Waals surface area contributed by atoms with Crippen LogP contribution in [-0.4, -0.2) is 42.1 Å². The number of aromatic nitrogens is 6. The first-order valence-electron chi connectivity index (χ1n) is 9.83. The Balaban J connectivity index is 1.36. The molecule has 0 saturated heterocycles. The van der Waals surface area contributed by atoms with Crippen molar-refractivity contribution in [3.63, 3.8) is 0 Å². The number of aryl methyl sites for hydroxylation is 1. The Labute approximate surface area is 179 Å². The highest BCUT2D eigenvalue weighted by molar-refractivity contribution is 5.84. The lowest BCUT2D eigenvalue weighted by Gasteiger charge is -2.04. The van der Waals surface area contributed by atoms with Gasteiger partial charge in [-0.05, 0) is 24.6 Å². The lowest BCUT2D eigenvalue weighted by atomic mass is 10.2. The van der Waals surface area contributed by atoms with Gasteiger partial charge in [0.15, 0.2) is 0 Å². The van der Waals surface area contributed by atoms with Crippen LogP contribution in [0.4, 0.5) is 0 Å². The summed E-state index contributed by atoms with van der Waals surface area (Å²) in [7, 11) is 0. The number of nitrogens with one attached hydrogen (secondary N) is 1. The smallest absolute Gasteiger partial charge is 0.263 e. The zero-order valence-corrected chi connectivity index (χ0v) is 17.3. The SMILES string of the molecule is Cc1nn(Cc2ccccc2)c(C)c1/C=N\NC(=O)Cn1nnc(-c2ccccc2)n1. The van der Waals surface area contributed by atoms with Gasteiger partial charge in [-0.2, -0.15) is 15.0 Å². The second-order valence-electron chi connectivity index (χ2n) is 7.03. The van der Waals surface area contributed by atoms with Gasteiger partial charge in [0, 0.05) is 16.8 Å². The van der Waals surface area contributed by atoms with Crippen molar-refractivity contribution in [3.05, 3.63) is 83.2 Å². The van der Waals surface area contributed by atoms with Crippen molar-refractivity contribution in [3.8, 4) is 11.4 Å². The largest absolute Gasteiger partial charge is 0.271 e. The molecule has 0 aliphatic rings. The lowest BCUT2D eigenvalue weighted by molar-refractivity contribution is -0.122. The number of rotatable bonds is 7. The van der Waals surface area contributed by atoms with Crippen molar-refractivity contribution < 1.29 is 4.79 Å². The Kier molecular flexibility index (Phi) is 5.93. The molecule has 0 atom stereocenters. The van der Waals surface area contributed by atoms with Crippen LogP contribution in [0.2, 0.25) is 0 Å². The zero-order valence-electron chi connectivity index (χ0n) is 17.3. The van der Waals surface area contributed by atoms with E-state index in [9.17, 15) is 4.79 Å². The van der Waals surface area contributed by atoms with Crippen LogP contribution >= 0.6 is 0 Å². The fraction of sp³-hybridized carbons (Fsp3) is 0.182. The van der Waals surface area contributed by atoms with E-state index in [1.165, 1.54) is 10.4 Å². The van der Waals surface area contributed by atoms with E-state index in [0.717, 1.165) is 22.5 Å². The van der Waals surface area contributed by atoms with Gasteiger partial charge in [0.05, 0.1) is 18.5 Å². The molecule has 4 aromatic rings. The van der Waals surface area contributed by atoms with Crippen LogP contribution in [-0.2, 0) is 17.9 Å². The molecule has 9 nitrogen and oxygen atoms in total. The van der Waals surface area contributed by atoms with Crippen molar-refractivity contribution in [2.45, 2.75) is 26.9 Å². The summed E-state index contributed by atoms with van der Waals surface area (Å²) >= 11 is 0. The first-order chi connectivity index (χ1) is 15.1. The topological polar surface area (TPSA) is 103 Å². The molecule has 2 heterocycles. The van der Waals surface area contributed by atoms with E-state index in [4.69, 9.17) is 0 Å². The minimum Gasteiger partial charge on any atom is -0.271 e. The molecule has 0 saturated carbocycles. The molecule has 0 aliphatic heterocycles. The van der Waals surface area contributed by atoms with Gasteiger partial charge in [0.2, 0.25) is 5.82 Å². The first kappa shape index (κ1) is 20.1. The molecule has 1 N–H and O–H groups in total. The van der Waals surface area contributed by atoms with Crippen LogP contribution in [0.5, 0.6) is 0 Å². The van der Waals surface area contributed by atoms with E-state index in [0.29, 0.717) is 12.4 Å². The third-order valence-corrected chi connectivity index (χ3v) is 4.77. The van der Waals surface area contributed by atoms with Crippen molar-refractivity contribution >= 4 is 12.1 Å². The molecule has 0 unspecified atom stereocenters. The molecular formula is C22H22N8O. The number of carbonyl (C=O) groups is 1. The summed E-state index contributed by atoms with van der Waals surface area (Å²) in [4.78, 5) is 13.4. The van der Waals surface area contributed by atoms with E-state index in [2.05, 4.69) is 43.2 Å². The van der Waals surface area contributed by atoms with Gasteiger partial charge in [0.1, 0.15) is 6.54 Å². The molecule has 0 radical (unpaired) electrons. The Morgan fingerprint density at radius 2 is 1.74 bits per heavy atom. The molecule has 2 aromatic carbocycles. The van der Waals surface area contributed by atoms with Crippen molar-refractivity contribution in [1.29, 1.82) is 0 Å². The number of carbonyl (C=O) groups excluding carboxylic acids is 1. The normalized spacial score (nSPS) is 11.2. The highest BCUT2D eigenvalue weighted by Crippen LogP contribution is 2.13. The van der Waals surface area contributed by atoms with Gasteiger partial charge in [-0.15, -0.1) is 10.2 Å². The molecule has 0 spiro atoms. The summed E-state index contributed by atoms with van der Waals surface area (Å²) in [5.74, 6) is 0.120. The second kappa shape index (κ2) is 9.12. The summed E-state index contributed by atoms with van der Waals surface area (Å²) in [6.45, 7) is 4.50. The van der Waals surface area contributed by atoms with Crippen molar-refractivity contribution in [2.75, 3.05) is 0 Å². The number of hydrogen-bond donors (Lipinski definition) is 1. The predicted molar refractivity (Wildman–Crippen MR) is 116 cm³/mol. The summed E-state index contributed by atoms with van der Waals surface area (Å²) < 4.78 is 1.93. The Morgan fingerprint density at radius 3 is 2.48 bits per heavy atom. The van der Waals surface area contributed by atoms with E-state index < -0.39 is 0 Å². The number of nitrogens with zero attached hydrogens (tertiary/aromatic N) is 7. The predicted octanol–water partition coefficient (Wildman–Crippen LogP) is 2.35. The molecule has 156 valence electrons.